The van der Waals surface area contributed by atoms with Gasteiger partial charge in [-0.25, -0.2) is 0 Å². The minimum Gasteiger partial charge on any atom is -0.399 e. The number of aryl methyl sites for hydroxylation is 1. The Morgan fingerprint density at radius 3 is 1.74 bits per heavy atom. The molecule has 0 amide bonds. The van der Waals surface area contributed by atoms with Crippen molar-refractivity contribution in [3.8, 4) is 0 Å². The van der Waals surface area contributed by atoms with E-state index in [2.05, 4.69) is 55.5 Å². The summed E-state index contributed by atoms with van der Waals surface area (Å²) in [4.78, 5) is 0. The number of hydrogen-bond acceptors (Lipinski definition) is 1. The number of benzene rings is 4. The summed E-state index contributed by atoms with van der Waals surface area (Å²) in [5.74, 6) is 0. The van der Waals surface area contributed by atoms with Gasteiger partial charge in [-0.1, -0.05) is 62.6 Å². The van der Waals surface area contributed by atoms with Crippen molar-refractivity contribution in [1.29, 1.82) is 0 Å². The van der Waals surface area contributed by atoms with Crippen LogP contribution in [0.3, 0.4) is 0 Å². The first-order chi connectivity index (χ1) is 11.3. The lowest BCUT2D eigenvalue weighted by molar-refractivity contribution is 0.667. The summed E-state index contributed by atoms with van der Waals surface area (Å²) >= 11 is 0. The molecule has 0 atom stereocenters. The first-order valence-electron chi connectivity index (χ1n) is 8.73. The largest absolute Gasteiger partial charge is 0.399 e. The molecule has 1 heteroatoms. The molecule has 0 aliphatic rings. The van der Waals surface area contributed by atoms with Crippen LogP contribution in [-0.4, -0.2) is 0 Å². The van der Waals surface area contributed by atoms with Gasteiger partial charge >= 0.3 is 0 Å². The van der Waals surface area contributed by atoms with Gasteiger partial charge in [0.25, 0.3) is 0 Å². The highest BCUT2D eigenvalue weighted by molar-refractivity contribution is 6.23. The highest BCUT2D eigenvalue weighted by Crippen LogP contribution is 2.36. The molecule has 1 nitrogen and oxygen atoms in total. The molecule has 0 saturated carbocycles. The third-order valence-electron chi connectivity index (χ3n) is 4.93. The van der Waals surface area contributed by atoms with Crippen molar-refractivity contribution >= 4 is 38.0 Å². The van der Waals surface area contributed by atoms with E-state index < -0.39 is 0 Å². The summed E-state index contributed by atoms with van der Waals surface area (Å²) in [7, 11) is 0. The van der Waals surface area contributed by atoms with E-state index in [1.165, 1.54) is 70.0 Å². The molecule has 0 spiro atoms. The van der Waals surface area contributed by atoms with Crippen molar-refractivity contribution in [2.45, 2.75) is 39.0 Å². The van der Waals surface area contributed by atoms with Gasteiger partial charge in [0.15, 0.2) is 0 Å². The fourth-order valence-corrected chi connectivity index (χ4v) is 3.83. The number of rotatable bonds is 5. The van der Waals surface area contributed by atoms with E-state index >= 15 is 0 Å². The van der Waals surface area contributed by atoms with E-state index in [4.69, 9.17) is 5.73 Å². The summed E-state index contributed by atoms with van der Waals surface area (Å²) in [5.41, 5.74) is 8.34. The van der Waals surface area contributed by atoms with Gasteiger partial charge < -0.3 is 5.73 Å². The lowest BCUT2D eigenvalue weighted by Crippen LogP contribution is -1.91. The minimum atomic E-state index is 0.840. The molecule has 0 radical (unpaired) electrons. The Kier molecular flexibility index (Phi) is 3.57. The van der Waals surface area contributed by atoms with Crippen molar-refractivity contribution < 1.29 is 0 Å². The van der Waals surface area contributed by atoms with E-state index in [-0.39, 0.29) is 0 Å². The summed E-state index contributed by atoms with van der Waals surface area (Å²) in [5, 5.41) is 7.94. The van der Waals surface area contributed by atoms with E-state index in [0.29, 0.717) is 0 Å². The Hall–Kier alpha value is -2.28. The predicted octanol–water partition coefficient (Wildman–Crippen LogP) is 6.29. The van der Waals surface area contributed by atoms with Gasteiger partial charge in [0.05, 0.1) is 0 Å². The lowest BCUT2D eigenvalue weighted by Gasteiger charge is -2.13. The molecule has 4 aromatic rings. The van der Waals surface area contributed by atoms with Crippen LogP contribution in [0.2, 0.25) is 0 Å². The Balaban J connectivity index is 1.84. The third kappa shape index (κ3) is 2.50. The summed E-state index contributed by atoms with van der Waals surface area (Å²) in [6.45, 7) is 2.26. The number of nitrogen functional groups attached to an aromatic ring is 1. The van der Waals surface area contributed by atoms with Crippen LogP contribution in [0.25, 0.3) is 32.3 Å². The maximum Gasteiger partial charge on any atom is 0.0326 e. The topological polar surface area (TPSA) is 26.0 Å². The smallest absolute Gasteiger partial charge is 0.0326 e. The summed E-state index contributed by atoms with van der Waals surface area (Å²) in [6, 6.07) is 17.8. The molecule has 2 N–H and O–H groups in total. The van der Waals surface area contributed by atoms with Crippen LogP contribution in [0.4, 0.5) is 5.69 Å². The standard InChI is InChI=1S/C22H23N/c1-2-3-4-5-6-15-11-16-7-9-18-13-20(23)14-19-10-8-17(12-15)21(16)22(18)19/h7-14H,2-6,23H2,1H3. The monoisotopic (exact) mass is 301 g/mol. The Bertz CT molecular complexity index is 901. The summed E-state index contributed by atoms with van der Waals surface area (Å²) < 4.78 is 0. The molecule has 116 valence electrons. The van der Waals surface area contributed by atoms with Gasteiger partial charge in [-0.05, 0) is 62.9 Å². The van der Waals surface area contributed by atoms with Gasteiger partial charge in [-0.2, -0.15) is 0 Å². The molecule has 0 aromatic heterocycles. The van der Waals surface area contributed by atoms with Crippen molar-refractivity contribution in [3.63, 3.8) is 0 Å². The van der Waals surface area contributed by atoms with Crippen LogP contribution in [-0.2, 0) is 6.42 Å². The minimum absolute atomic E-state index is 0.840. The van der Waals surface area contributed by atoms with Gasteiger partial charge in [-0.15, -0.1) is 0 Å². The molecule has 0 aliphatic heterocycles. The zero-order valence-corrected chi connectivity index (χ0v) is 13.7. The van der Waals surface area contributed by atoms with Crippen molar-refractivity contribution in [2.24, 2.45) is 0 Å². The third-order valence-corrected chi connectivity index (χ3v) is 4.93. The lowest BCUT2D eigenvalue weighted by atomic mass is 9.91. The quantitative estimate of drug-likeness (QED) is 0.262. The van der Waals surface area contributed by atoms with E-state index in [0.717, 1.165) is 5.69 Å². The first-order valence-corrected chi connectivity index (χ1v) is 8.73. The molecule has 0 aliphatic carbocycles. The molecule has 0 bridgehead atoms. The number of anilines is 1. The zero-order valence-electron chi connectivity index (χ0n) is 13.7. The zero-order chi connectivity index (χ0) is 15.8. The molecule has 23 heavy (non-hydrogen) atoms. The molecule has 4 rings (SSSR count). The molecule has 0 saturated heterocycles. The molecule has 0 heterocycles. The molecular weight excluding hydrogens is 278 g/mol. The second-order valence-corrected chi connectivity index (χ2v) is 6.70. The van der Waals surface area contributed by atoms with Crippen LogP contribution < -0.4 is 5.73 Å². The summed E-state index contributed by atoms with van der Waals surface area (Å²) in [6.07, 6.45) is 6.45. The van der Waals surface area contributed by atoms with E-state index in [1.807, 2.05) is 0 Å². The van der Waals surface area contributed by atoms with Crippen molar-refractivity contribution in [2.75, 3.05) is 5.73 Å². The van der Waals surface area contributed by atoms with Crippen LogP contribution in [0.15, 0.2) is 48.5 Å². The van der Waals surface area contributed by atoms with E-state index in [1.54, 1.807) is 0 Å². The Morgan fingerprint density at radius 2 is 1.22 bits per heavy atom. The van der Waals surface area contributed by atoms with Crippen LogP contribution in [0.5, 0.6) is 0 Å². The molecule has 4 aromatic carbocycles. The number of nitrogens with two attached hydrogens (primary N) is 1. The van der Waals surface area contributed by atoms with Gasteiger partial charge in [0.2, 0.25) is 0 Å². The number of hydrogen-bond donors (Lipinski definition) is 1. The Morgan fingerprint density at radius 1 is 0.696 bits per heavy atom. The highest BCUT2D eigenvalue weighted by atomic mass is 14.5. The number of unbranched alkanes of at least 4 members (excludes halogenated alkanes) is 3. The maximum atomic E-state index is 6.03. The SMILES string of the molecule is CCCCCCc1cc2ccc3cc(N)cc4ccc(c1)c2c34. The molecule has 0 unspecified atom stereocenters. The van der Waals surface area contributed by atoms with Gasteiger partial charge in [-0.3, -0.25) is 0 Å². The molecular formula is C22H23N. The highest BCUT2D eigenvalue weighted by Gasteiger charge is 2.09. The van der Waals surface area contributed by atoms with E-state index in [9.17, 15) is 0 Å². The maximum absolute atomic E-state index is 6.03. The average molecular weight is 301 g/mol. The van der Waals surface area contributed by atoms with Crippen LogP contribution in [0.1, 0.15) is 38.2 Å². The van der Waals surface area contributed by atoms with Crippen LogP contribution >= 0.6 is 0 Å². The van der Waals surface area contributed by atoms with Crippen LogP contribution in [0, 0.1) is 0 Å². The normalized spacial score (nSPS) is 11.9. The second kappa shape index (κ2) is 5.73. The average Bonchev–Trinajstić information content (AvgIpc) is 2.56. The first kappa shape index (κ1) is 14.3. The Labute approximate surface area is 137 Å². The fraction of sp³-hybridized carbons (Fsp3) is 0.273. The second-order valence-electron chi connectivity index (χ2n) is 6.70. The van der Waals surface area contributed by atoms with Gasteiger partial charge in [0.1, 0.15) is 0 Å². The van der Waals surface area contributed by atoms with Crippen molar-refractivity contribution in [1.82, 2.24) is 0 Å². The predicted molar refractivity (Wildman–Crippen MR) is 102 cm³/mol. The fourth-order valence-electron chi connectivity index (χ4n) is 3.83. The van der Waals surface area contributed by atoms with Gasteiger partial charge in [0, 0.05) is 5.69 Å². The van der Waals surface area contributed by atoms with Crippen molar-refractivity contribution in [3.05, 3.63) is 54.1 Å². The molecule has 0 fully saturated rings.